The standard InChI is InChI=1S/C20H17F3N2OS/c1-3-27-20-18(19(26)24-10-12-5-4-6-13(21)7-12)11(2)14-8-15(22)16(23)9-17(14)25-20/h4-9H,3,10H2,1-2H3,(H,24,26). The highest BCUT2D eigenvalue weighted by Gasteiger charge is 2.20. The highest BCUT2D eigenvalue weighted by Crippen LogP contribution is 2.30. The minimum Gasteiger partial charge on any atom is -0.348 e. The first kappa shape index (κ1) is 19.2. The largest absolute Gasteiger partial charge is 0.348 e. The molecular weight excluding hydrogens is 373 g/mol. The first-order chi connectivity index (χ1) is 12.9. The lowest BCUT2D eigenvalue weighted by molar-refractivity contribution is 0.0946. The van der Waals surface area contributed by atoms with Crippen LogP contribution in [0.1, 0.15) is 28.4 Å². The average molecular weight is 390 g/mol. The molecule has 3 nitrogen and oxygen atoms in total. The zero-order chi connectivity index (χ0) is 19.6. The molecule has 0 saturated heterocycles. The summed E-state index contributed by atoms with van der Waals surface area (Å²) in [6, 6.07) is 8.02. The van der Waals surface area contributed by atoms with E-state index in [-0.39, 0.29) is 12.4 Å². The number of pyridine rings is 1. The number of aromatic nitrogens is 1. The predicted molar refractivity (Wildman–Crippen MR) is 100 cm³/mol. The van der Waals surface area contributed by atoms with E-state index in [1.807, 2.05) is 6.92 Å². The number of hydrogen-bond acceptors (Lipinski definition) is 3. The second-order valence-electron chi connectivity index (χ2n) is 5.95. The third-order valence-corrected chi connectivity index (χ3v) is 4.96. The van der Waals surface area contributed by atoms with Crippen LogP contribution >= 0.6 is 11.8 Å². The fourth-order valence-electron chi connectivity index (χ4n) is 2.82. The van der Waals surface area contributed by atoms with Crippen LogP contribution in [0, 0.1) is 24.4 Å². The summed E-state index contributed by atoms with van der Waals surface area (Å²) in [6.07, 6.45) is 0. The van der Waals surface area contributed by atoms with Crippen LogP contribution in [0.5, 0.6) is 0 Å². The van der Waals surface area contributed by atoms with Crippen LogP contribution in [0.2, 0.25) is 0 Å². The molecule has 0 unspecified atom stereocenters. The van der Waals surface area contributed by atoms with Crippen LogP contribution < -0.4 is 5.32 Å². The lowest BCUT2D eigenvalue weighted by Crippen LogP contribution is -2.25. The van der Waals surface area contributed by atoms with E-state index in [0.29, 0.717) is 38.4 Å². The van der Waals surface area contributed by atoms with E-state index in [9.17, 15) is 18.0 Å². The van der Waals surface area contributed by atoms with Gasteiger partial charge in [0.05, 0.1) is 11.1 Å². The van der Waals surface area contributed by atoms with Crippen LogP contribution in [0.3, 0.4) is 0 Å². The zero-order valence-electron chi connectivity index (χ0n) is 14.8. The van der Waals surface area contributed by atoms with E-state index < -0.39 is 17.5 Å². The van der Waals surface area contributed by atoms with Crippen molar-refractivity contribution >= 4 is 28.6 Å². The maximum absolute atomic E-state index is 13.7. The number of rotatable bonds is 5. The van der Waals surface area contributed by atoms with Crippen molar-refractivity contribution in [3.05, 3.63) is 70.5 Å². The molecule has 1 heterocycles. The number of benzene rings is 2. The van der Waals surface area contributed by atoms with Crippen molar-refractivity contribution in [2.45, 2.75) is 25.4 Å². The molecule has 1 N–H and O–H groups in total. The van der Waals surface area contributed by atoms with Gasteiger partial charge in [0.2, 0.25) is 0 Å². The van der Waals surface area contributed by atoms with Gasteiger partial charge in [-0.25, -0.2) is 18.2 Å². The van der Waals surface area contributed by atoms with E-state index in [0.717, 1.165) is 12.1 Å². The van der Waals surface area contributed by atoms with Crippen molar-refractivity contribution in [1.82, 2.24) is 10.3 Å². The molecule has 140 valence electrons. The lowest BCUT2D eigenvalue weighted by atomic mass is 10.0. The first-order valence-electron chi connectivity index (χ1n) is 8.35. The molecule has 27 heavy (non-hydrogen) atoms. The summed E-state index contributed by atoms with van der Waals surface area (Å²) in [4.78, 5) is 17.1. The van der Waals surface area contributed by atoms with Gasteiger partial charge in [0, 0.05) is 18.0 Å². The Labute approximate surface area is 159 Å². The van der Waals surface area contributed by atoms with Gasteiger partial charge >= 0.3 is 0 Å². The molecule has 7 heteroatoms. The van der Waals surface area contributed by atoms with Crippen molar-refractivity contribution in [3.63, 3.8) is 0 Å². The normalized spacial score (nSPS) is 11.0. The fourth-order valence-corrected chi connectivity index (χ4v) is 3.64. The molecule has 0 bridgehead atoms. The van der Waals surface area contributed by atoms with Crippen LogP contribution in [0.4, 0.5) is 13.2 Å². The summed E-state index contributed by atoms with van der Waals surface area (Å²) in [6.45, 7) is 3.73. The number of amides is 1. The van der Waals surface area contributed by atoms with Gasteiger partial charge in [-0.1, -0.05) is 19.1 Å². The Hall–Kier alpha value is -2.54. The summed E-state index contributed by atoms with van der Waals surface area (Å²) in [7, 11) is 0. The molecule has 0 atom stereocenters. The molecule has 0 spiro atoms. The topological polar surface area (TPSA) is 42.0 Å². The second-order valence-corrected chi connectivity index (χ2v) is 7.20. The Morgan fingerprint density at radius 3 is 2.59 bits per heavy atom. The number of thioether (sulfide) groups is 1. The summed E-state index contributed by atoms with van der Waals surface area (Å²) in [5.74, 6) is -2.09. The maximum atomic E-state index is 13.7. The van der Waals surface area contributed by atoms with Crippen LogP contribution in [-0.4, -0.2) is 16.6 Å². The fraction of sp³-hybridized carbons (Fsp3) is 0.200. The molecule has 0 aliphatic carbocycles. The number of fused-ring (bicyclic) bond motifs is 1. The second kappa shape index (κ2) is 8.00. The first-order valence-corrected chi connectivity index (χ1v) is 9.34. The van der Waals surface area contributed by atoms with Crippen molar-refractivity contribution in [2.24, 2.45) is 0 Å². The van der Waals surface area contributed by atoms with E-state index in [1.165, 1.54) is 23.9 Å². The van der Waals surface area contributed by atoms with Gasteiger partial charge in [0.15, 0.2) is 11.6 Å². The van der Waals surface area contributed by atoms with Crippen LogP contribution in [0.15, 0.2) is 41.4 Å². The van der Waals surface area contributed by atoms with E-state index in [4.69, 9.17) is 0 Å². The summed E-state index contributed by atoms with van der Waals surface area (Å²) < 4.78 is 40.5. The van der Waals surface area contributed by atoms with Crippen LogP contribution in [-0.2, 0) is 6.54 Å². The van der Waals surface area contributed by atoms with E-state index in [1.54, 1.807) is 19.1 Å². The molecule has 1 amide bonds. The van der Waals surface area contributed by atoms with Crippen molar-refractivity contribution in [3.8, 4) is 0 Å². The molecule has 0 radical (unpaired) electrons. The SMILES string of the molecule is CCSc1nc2cc(F)c(F)cc2c(C)c1C(=O)NCc1cccc(F)c1. The zero-order valence-corrected chi connectivity index (χ0v) is 15.6. The quantitative estimate of drug-likeness (QED) is 0.623. The Balaban J connectivity index is 2.00. The smallest absolute Gasteiger partial charge is 0.254 e. The number of carbonyl (C=O) groups is 1. The minimum atomic E-state index is -0.991. The van der Waals surface area contributed by atoms with E-state index >= 15 is 0 Å². The van der Waals surface area contributed by atoms with Gasteiger partial charge in [0.1, 0.15) is 10.8 Å². The summed E-state index contributed by atoms with van der Waals surface area (Å²) >= 11 is 1.35. The molecule has 1 aromatic heterocycles. The van der Waals surface area contributed by atoms with Gasteiger partial charge < -0.3 is 5.32 Å². The molecule has 0 aliphatic heterocycles. The molecule has 0 saturated carbocycles. The molecule has 2 aromatic carbocycles. The number of aryl methyl sites for hydroxylation is 1. The van der Waals surface area contributed by atoms with Crippen molar-refractivity contribution in [1.29, 1.82) is 0 Å². The summed E-state index contributed by atoms with van der Waals surface area (Å²) in [5.41, 5.74) is 1.75. The van der Waals surface area contributed by atoms with Crippen molar-refractivity contribution < 1.29 is 18.0 Å². The monoisotopic (exact) mass is 390 g/mol. The Kier molecular flexibility index (Phi) is 5.70. The Morgan fingerprint density at radius 2 is 1.89 bits per heavy atom. The summed E-state index contributed by atoms with van der Waals surface area (Å²) in [5, 5.41) is 3.58. The van der Waals surface area contributed by atoms with Gasteiger partial charge in [0.25, 0.3) is 5.91 Å². The van der Waals surface area contributed by atoms with Crippen LogP contribution in [0.25, 0.3) is 10.9 Å². The van der Waals surface area contributed by atoms with Gasteiger partial charge in [-0.2, -0.15) is 0 Å². The third-order valence-electron chi connectivity index (χ3n) is 4.10. The number of carbonyl (C=O) groups excluding carboxylic acids is 1. The average Bonchev–Trinajstić information content (AvgIpc) is 2.62. The van der Waals surface area contributed by atoms with E-state index in [2.05, 4.69) is 10.3 Å². The van der Waals surface area contributed by atoms with Gasteiger partial charge in [-0.15, -0.1) is 11.8 Å². The number of nitrogens with one attached hydrogen (secondary N) is 1. The molecule has 3 aromatic rings. The lowest BCUT2D eigenvalue weighted by Gasteiger charge is -2.14. The molecule has 0 aliphatic rings. The molecular formula is C20H17F3N2OS. The molecule has 0 fully saturated rings. The predicted octanol–water partition coefficient (Wildman–Crippen LogP) is 5.00. The number of halogens is 3. The Bertz CT molecular complexity index is 1020. The van der Waals surface area contributed by atoms with Gasteiger partial charge in [-0.3, -0.25) is 4.79 Å². The maximum Gasteiger partial charge on any atom is 0.254 e. The van der Waals surface area contributed by atoms with Gasteiger partial charge in [-0.05, 0) is 42.0 Å². The third kappa shape index (κ3) is 4.08. The Morgan fingerprint density at radius 1 is 1.15 bits per heavy atom. The number of nitrogens with zero attached hydrogens (tertiary/aromatic N) is 1. The highest BCUT2D eigenvalue weighted by atomic mass is 32.2. The highest BCUT2D eigenvalue weighted by molar-refractivity contribution is 7.99. The molecule has 3 rings (SSSR count). The van der Waals surface area contributed by atoms with Crippen molar-refractivity contribution in [2.75, 3.05) is 5.75 Å². The minimum absolute atomic E-state index is 0.141. The number of hydrogen-bond donors (Lipinski definition) is 1.